The average molecular weight is 325 g/mol. The van der Waals surface area contributed by atoms with Gasteiger partial charge in [-0.25, -0.2) is 4.98 Å². The number of carbonyl (C=O) groups is 1. The van der Waals surface area contributed by atoms with Gasteiger partial charge >= 0.3 is 0 Å². The van der Waals surface area contributed by atoms with Crippen LogP contribution in [-0.4, -0.2) is 32.9 Å². The highest BCUT2D eigenvalue weighted by Crippen LogP contribution is 2.35. The molecule has 0 bridgehead atoms. The molecule has 1 saturated carbocycles. The van der Waals surface area contributed by atoms with Crippen molar-refractivity contribution in [2.75, 3.05) is 6.54 Å². The summed E-state index contributed by atoms with van der Waals surface area (Å²) in [5.41, 5.74) is 1.27. The van der Waals surface area contributed by atoms with E-state index in [0.29, 0.717) is 12.0 Å². The summed E-state index contributed by atoms with van der Waals surface area (Å²) >= 11 is 0. The molecule has 4 rings (SSSR count). The van der Waals surface area contributed by atoms with Crippen molar-refractivity contribution in [3.63, 3.8) is 0 Å². The summed E-state index contributed by atoms with van der Waals surface area (Å²) in [6.07, 6.45) is 8.57. The van der Waals surface area contributed by atoms with Gasteiger partial charge in [0.2, 0.25) is 5.91 Å². The molecule has 24 heavy (non-hydrogen) atoms. The minimum Gasteiger partial charge on any atom is -0.338 e. The predicted octanol–water partition coefficient (Wildman–Crippen LogP) is 2.58. The van der Waals surface area contributed by atoms with Gasteiger partial charge in [-0.3, -0.25) is 14.2 Å². The van der Waals surface area contributed by atoms with Gasteiger partial charge in [-0.1, -0.05) is 25.0 Å². The molecule has 1 saturated heterocycles. The van der Waals surface area contributed by atoms with E-state index in [1.165, 1.54) is 31.9 Å². The fourth-order valence-corrected chi connectivity index (χ4v) is 4.44. The molecule has 0 unspecified atom stereocenters. The molecule has 0 N–H and O–H groups in total. The Labute approximate surface area is 141 Å². The molecule has 5 nitrogen and oxygen atoms in total. The van der Waals surface area contributed by atoms with Crippen LogP contribution < -0.4 is 5.56 Å². The standard InChI is InChI=1S/C19H23N3O2/c23-18-12-20-15-8-3-4-9-17(15)22(18)13-19(24)21-11-5-10-16(21)14-6-1-2-7-14/h3-4,8-9,12,14,16H,1-2,5-7,10-11,13H2/t16-/m0/s1. The Hall–Kier alpha value is -2.17. The molecular weight excluding hydrogens is 302 g/mol. The summed E-state index contributed by atoms with van der Waals surface area (Å²) in [4.78, 5) is 31.4. The largest absolute Gasteiger partial charge is 0.338 e. The fraction of sp³-hybridized carbons (Fsp3) is 0.526. The lowest BCUT2D eigenvalue weighted by atomic mass is 9.96. The number of nitrogens with zero attached hydrogens (tertiary/aromatic N) is 3. The van der Waals surface area contributed by atoms with Crippen LogP contribution in [0.5, 0.6) is 0 Å². The molecule has 2 aromatic rings. The molecule has 2 aliphatic rings. The van der Waals surface area contributed by atoms with Crippen molar-refractivity contribution in [1.82, 2.24) is 14.5 Å². The molecule has 1 aliphatic carbocycles. The van der Waals surface area contributed by atoms with E-state index >= 15 is 0 Å². The van der Waals surface area contributed by atoms with Crippen molar-refractivity contribution in [3.8, 4) is 0 Å². The van der Waals surface area contributed by atoms with Crippen LogP contribution >= 0.6 is 0 Å². The second-order valence-corrected chi connectivity index (χ2v) is 7.01. The monoisotopic (exact) mass is 325 g/mol. The first kappa shape index (κ1) is 15.4. The van der Waals surface area contributed by atoms with E-state index in [9.17, 15) is 9.59 Å². The molecule has 1 atom stereocenters. The molecular formula is C19H23N3O2. The average Bonchev–Trinajstić information content (AvgIpc) is 3.28. The molecule has 5 heteroatoms. The predicted molar refractivity (Wildman–Crippen MR) is 92.7 cm³/mol. The normalized spacial score (nSPS) is 21.7. The van der Waals surface area contributed by atoms with Crippen LogP contribution in [0.3, 0.4) is 0 Å². The number of likely N-dealkylation sites (tertiary alicyclic amines) is 1. The number of hydrogen-bond donors (Lipinski definition) is 0. The Morgan fingerprint density at radius 1 is 1.12 bits per heavy atom. The van der Waals surface area contributed by atoms with Gasteiger partial charge in [-0.05, 0) is 43.7 Å². The Morgan fingerprint density at radius 2 is 1.92 bits per heavy atom. The number of para-hydroxylation sites is 2. The van der Waals surface area contributed by atoms with Gasteiger partial charge < -0.3 is 4.90 Å². The number of fused-ring (bicyclic) bond motifs is 1. The number of rotatable bonds is 3. The highest BCUT2D eigenvalue weighted by molar-refractivity contribution is 5.80. The number of benzene rings is 1. The summed E-state index contributed by atoms with van der Waals surface area (Å²) in [7, 11) is 0. The van der Waals surface area contributed by atoms with E-state index in [-0.39, 0.29) is 18.0 Å². The van der Waals surface area contributed by atoms with Crippen molar-refractivity contribution in [3.05, 3.63) is 40.8 Å². The number of aromatic nitrogens is 2. The van der Waals surface area contributed by atoms with E-state index in [0.717, 1.165) is 30.4 Å². The number of amides is 1. The minimum absolute atomic E-state index is 0.0721. The molecule has 0 radical (unpaired) electrons. The molecule has 126 valence electrons. The van der Waals surface area contributed by atoms with E-state index in [4.69, 9.17) is 0 Å². The highest BCUT2D eigenvalue weighted by atomic mass is 16.2. The lowest BCUT2D eigenvalue weighted by Gasteiger charge is -2.29. The number of carbonyl (C=O) groups excluding carboxylic acids is 1. The quantitative estimate of drug-likeness (QED) is 0.871. The second-order valence-electron chi connectivity index (χ2n) is 7.01. The van der Waals surface area contributed by atoms with E-state index in [1.807, 2.05) is 29.2 Å². The molecule has 1 aromatic heterocycles. The van der Waals surface area contributed by atoms with Gasteiger partial charge in [0, 0.05) is 12.6 Å². The third kappa shape index (κ3) is 2.72. The van der Waals surface area contributed by atoms with Crippen LogP contribution in [0.15, 0.2) is 35.3 Å². The van der Waals surface area contributed by atoms with Gasteiger partial charge in [0.15, 0.2) is 0 Å². The summed E-state index contributed by atoms with van der Waals surface area (Å²) in [6.45, 7) is 0.947. The first-order valence-electron chi connectivity index (χ1n) is 8.98. The van der Waals surface area contributed by atoms with E-state index in [1.54, 1.807) is 4.57 Å². The zero-order valence-corrected chi connectivity index (χ0v) is 13.9. The summed E-state index contributed by atoms with van der Waals surface area (Å²) in [5.74, 6) is 0.727. The van der Waals surface area contributed by atoms with Gasteiger partial charge in [0.25, 0.3) is 5.56 Å². The van der Waals surface area contributed by atoms with Crippen LogP contribution in [0.1, 0.15) is 38.5 Å². The lowest BCUT2D eigenvalue weighted by molar-refractivity contribution is -0.133. The fourth-order valence-electron chi connectivity index (χ4n) is 4.44. The minimum atomic E-state index is -0.210. The van der Waals surface area contributed by atoms with Crippen LogP contribution in [0.4, 0.5) is 0 Å². The summed E-state index contributed by atoms with van der Waals surface area (Å²) < 4.78 is 1.56. The first-order valence-corrected chi connectivity index (χ1v) is 8.98. The molecule has 1 aromatic carbocycles. The van der Waals surface area contributed by atoms with Gasteiger partial charge in [-0.2, -0.15) is 0 Å². The van der Waals surface area contributed by atoms with Gasteiger partial charge in [-0.15, -0.1) is 0 Å². The van der Waals surface area contributed by atoms with Crippen LogP contribution in [0.25, 0.3) is 11.0 Å². The smallest absolute Gasteiger partial charge is 0.269 e. The van der Waals surface area contributed by atoms with Crippen molar-refractivity contribution < 1.29 is 4.79 Å². The maximum Gasteiger partial charge on any atom is 0.269 e. The zero-order chi connectivity index (χ0) is 16.5. The molecule has 2 heterocycles. The van der Waals surface area contributed by atoms with Crippen molar-refractivity contribution >= 4 is 16.9 Å². The third-order valence-electron chi connectivity index (χ3n) is 5.61. The Balaban J connectivity index is 1.60. The summed E-state index contributed by atoms with van der Waals surface area (Å²) in [6, 6.07) is 7.87. The van der Waals surface area contributed by atoms with E-state index in [2.05, 4.69) is 4.98 Å². The second kappa shape index (κ2) is 6.38. The maximum atomic E-state index is 12.9. The SMILES string of the molecule is O=C(Cn1c(=O)cnc2ccccc21)N1CCC[C@H]1C1CCCC1. The number of hydrogen-bond acceptors (Lipinski definition) is 3. The first-order chi connectivity index (χ1) is 11.7. The Morgan fingerprint density at radius 3 is 2.75 bits per heavy atom. The van der Waals surface area contributed by atoms with Crippen molar-refractivity contribution in [2.24, 2.45) is 5.92 Å². The third-order valence-corrected chi connectivity index (χ3v) is 5.61. The Kier molecular flexibility index (Phi) is 4.08. The van der Waals surface area contributed by atoms with Crippen LogP contribution in [0, 0.1) is 5.92 Å². The highest BCUT2D eigenvalue weighted by Gasteiger charge is 2.35. The molecule has 2 fully saturated rings. The van der Waals surface area contributed by atoms with E-state index < -0.39 is 0 Å². The van der Waals surface area contributed by atoms with Crippen LogP contribution in [-0.2, 0) is 11.3 Å². The summed E-state index contributed by atoms with van der Waals surface area (Å²) in [5, 5.41) is 0. The van der Waals surface area contributed by atoms with Crippen LogP contribution in [0.2, 0.25) is 0 Å². The molecule has 0 spiro atoms. The zero-order valence-electron chi connectivity index (χ0n) is 13.9. The van der Waals surface area contributed by atoms with Crippen molar-refractivity contribution in [2.45, 2.75) is 51.1 Å². The maximum absolute atomic E-state index is 12.9. The molecule has 1 amide bonds. The lowest BCUT2D eigenvalue weighted by Crippen LogP contribution is -2.42. The van der Waals surface area contributed by atoms with Gasteiger partial charge in [0.05, 0.1) is 17.2 Å². The topological polar surface area (TPSA) is 55.2 Å². The van der Waals surface area contributed by atoms with Gasteiger partial charge in [0.1, 0.15) is 6.54 Å². The molecule has 1 aliphatic heterocycles. The Bertz CT molecular complexity index is 808. The van der Waals surface area contributed by atoms with Crippen molar-refractivity contribution in [1.29, 1.82) is 0 Å².